The molecule has 0 heterocycles. The zero-order valence-electron chi connectivity index (χ0n) is 10.6. The Bertz CT molecular complexity index is 412. The van der Waals surface area contributed by atoms with Crippen molar-refractivity contribution < 1.29 is 9.18 Å². The van der Waals surface area contributed by atoms with Crippen molar-refractivity contribution in [1.82, 2.24) is 10.6 Å². The molecule has 1 rings (SSSR count). The van der Waals surface area contributed by atoms with Crippen LogP contribution in [0.5, 0.6) is 0 Å². The Hall–Kier alpha value is -0.940. The lowest BCUT2D eigenvalue weighted by Gasteiger charge is -2.12. The Morgan fingerprint density at radius 1 is 1.44 bits per heavy atom. The third-order valence-electron chi connectivity index (χ3n) is 2.55. The van der Waals surface area contributed by atoms with E-state index in [1.165, 1.54) is 6.07 Å². The van der Waals surface area contributed by atoms with Gasteiger partial charge in [-0.15, -0.1) is 0 Å². The average Bonchev–Trinajstić information content (AvgIpc) is 2.32. The molecule has 3 nitrogen and oxygen atoms in total. The first kappa shape index (κ1) is 15.1. The highest BCUT2D eigenvalue weighted by Crippen LogP contribution is 2.17. The van der Waals surface area contributed by atoms with Gasteiger partial charge in [0, 0.05) is 6.54 Å². The van der Waals surface area contributed by atoms with E-state index in [9.17, 15) is 9.18 Å². The number of halogens is 2. The van der Waals surface area contributed by atoms with Crippen LogP contribution in [0.15, 0.2) is 22.7 Å². The maximum Gasteiger partial charge on any atom is 0.224 e. The van der Waals surface area contributed by atoms with E-state index in [0.29, 0.717) is 16.9 Å². The molecule has 0 fully saturated rings. The summed E-state index contributed by atoms with van der Waals surface area (Å²) in [5.41, 5.74) is 0.794. The summed E-state index contributed by atoms with van der Waals surface area (Å²) in [6.45, 7) is 3.57. The van der Waals surface area contributed by atoms with Gasteiger partial charge in [0.1, 0.15) is 5.82 Å². The lowest BCUT2D eigenvalue weighted by Crippen LogP contribution is -2.33. The number of rotatable bonds is 6. The summed E-state index contributed by atoms with van der Waals surface area (Å²) < 4.78 is 13.4. The van der Waals surface area contributed by atoms with Gasteiger partial charge in [-0.25, -0.2) is 4.39 Å². The summed E-state index contributed by atoms with van der Waals surface area (Å²) in [5.74, 6) is 0.0252. The van der Waals surface area contributed by atoms with Gasteiger partial charge in [-0.2, -0.15) is 0 Å². The molecule has 0 aromatic heterocycles. The summed E-state index contributed by atoms with van der Waals surface area (Å²) >= 11 is 3.10. The van der Waals surface area contributed by atoms with Gasteiger partial charge in [-0.1, -0.05) is 13.0 Å². The molecule has 18 heavy (non-hydrogen) atoms. The minimum atomic E-state index is -0.318. The molecule has 5 heteroatoms. The molecule has 0 bridgehead atoms. The van der Waals surface area contributed by atoms with Gasteiger partial charge in [0.25, 0.3) is 0 Å². The highest BCUT2D eigenvalue weighted by Gasteiger charge is 2.07. The number of amides is 1. The molecule has 1 aromatic rings. The second kappa shape index (κ2) is 7.48. The molecule has 0 spiro atoms. The SMILES string of the molecule is CNC[C@H](C)CNC(=O)Cc1ccc(F)c(Br)c1. The normalized spacial score (nSPS) is 12.2. The van der Waals surface area contributed by atoms with Crippen LogP contribution in [0.2, 0.25) is 0 Å². The first-order valence-corrected chi connectivity index (χ1v) is 6.67. The fourth-order valence-electron chi connectivity index (χ4n) is 1.61. The van der Waals surface area contributed by atoms with E-state index < -0.39 is 0 Å². The molecule has 1 amide bonds. The fraction of sp³-hybridized carbons (Fsp3) is 0.462. The van der Waals surface area contributed by atoms with Crippen molar-refractivity contribution in [3.05, 3.63) is 34.1 Å². The maximum absolute atomic E-state index is 13.0. The molecule has 2 N–H and O–H groups in total. The van der Waals surface area contributed by atoms with Gasteiger partial charge in [0.15, 0.2) is 0 Å². The molecule has 0 radical (unpaired) electrons. The van der Waals surface area contributed by atoms with Gasteiger partial charge >= 0.3 is 0 Å². The summed E-state index contributed by atoms with van der Waals surface area (Å²) in [6.07, 6.45) is 0.269. The topological polar surface area (TPSA) is 41.1 Å². The van der Waals surface area contributed by atoms with Crippen LogP contribution in [0.1, 0.15) is 12.5 Å². The molecule has 0 saturated carbocycles. The third kappa shape index (κ3) is 5.14. The number of carbonyl (C=O) groups is 1. The van der Waals surface area contributed by atoms with Crippen molar-refractivity contribution in [1.29, 1.82) is 0 Å². The van der Waals surface area contributed by atoms with E-state index in [0.717, 1.165) is 12.1 Å². The minimum absolute atomic E-state index is 0.0449. The number of carbonyl (C=O) groups excluding carboxylic acids is 1. The Kier molecular flexibility index (Phi) is 6.29. The molecule has 100 valence electrons. The van der Waals surface area contributed by atoms with Crippen LogP contribution in [0.4, 0.5) is 4.39 Å². The van der Waals surface area contributed by atoms with E-state index >= 15 is 0 Å². The van der Waals surface area contributed by atoms with E-state index in [1.54, 1.807) is 12.1 Å². The summed E-state index contributed by atoms with van der Waals surface area (Å²) in [5, 5.41) is 5.92. The Balaban J connectivity index is 2.42. The van der Waals surface area contributed by atoms with Crippen LogP contribution in [-0.2, 0) is 11.2 Å². The number of benzene rings is 1. The quantitative estimate of drug-likeness (QED) is 0.844. The molecule has 0 aliphatic rings. The second-order valence-corrected chi connectivity index (χ2v) is 5.25. The Morgan fingerprint density at radius 2 is 2.17 bits per heavy atom. The lowest BCUT2D eigenvalue weighted by atomic mass is 10.1. The van der Waals surface area contributed by atoms with Crippen LogP contribution in [0.3, 0.4) is 0 Å². The molecule has 0 saturated heterocycles. The third-order valence-corrected chi connectivity index (χ3v) is 3.16. The van der Waals surface area contributed by atoms with Crippen LogP contribution in [-0.4, -0.2) is 26.0 Å². The van der Waals surface area contributed by atoms with Crippen molar-refractivity contribution in [3.63, 3.8) is 0 Å². The number of nitrogens with one attached hydrogen (secondary N) is 2. The first-order chi connectivity index (χ1) is 8.52. The predicted molar refractivity (Wildman–Crippen MR) is 73.9 cm³/mol. The van der Waals surface area contributed by atoms with Crippen LogP contribution < -0.4 is 10.6 Å². The minimum Gasteiger partial charge on any atom is -0.355 e. The van der Waals surface area contributed by atoms with Crippen molar-refractivity contribution in [2.45, 2.75) is 13.3 Å². The maximum atomic E-state index is 13.0. The van der Waals surface area contributed by atoms with Crippen molar-refractivity contribution >= 4 is 21.8 Å². The molecule has 0 aliphatic carbocycles. The monoisotopic (exact) mass is 316 g/mol. The Morgan fingerprint density at radius 3 is 2.78 bits per heavy atom. The van der Waals surface area contributed by atoms with Gasteiger partial charge in [-0.3, -0.25) is 4.79 Å². The average molecular weight is 317 g/mol. The van der Waals surface area contributed by atoms with Crippen molar-refractivity contribution in [2.24, 2.45) is 5.92 Å². The van der Waals surface area contributed by atoms with E-state index in [4.69, 9.17) is 0 Å². The number of hydrogen-bond acceptors (Lipinski definition) is 2. The first-order valence-electron chi connectivity index (χ1n) is 5.88. The fourth-order valence-corrected chi connectivity index (χ4v) is 2.03. The molecular formula is C13H18BrFN2O. The van der Waals surface area contributed by atoms with Gasteiger partial charge in [-0.05, 0) is 53.1 Å². The van der Waals surface area contributed by atoms with E-state index in [1.807, 2.05) is 7.05 Å². The van der Waals surface area contributed by atoms with Gasteiger partial charge < -0.3 is 10.6 Å². The molecular weight excluding hydrogens is 299 g/mol. The largest absolute Gasteiger partial charge is 0.355 e. The Labute approximate surface area is 115 Å². The van der Waals surface area contributed by atoms with E-state index in [2.05, 4.69) is 33.5 Å². The van der Waals surface area contributed by atoms with Crippen LogP contribution in [0, 0.1) is 11.7 Å². The highest BCUT2D eigenvalue weighted by atomic mass is 79.9. The van der Waals surface area contributed by atoms with E-state index in [-0.39, 0.29) is 18.1 Å². The summed E-state index contributed by atoms with van der Waals surface area (Å²) in [7, 11) is 1.88. The van der Waals surface area contributed by atoms with Crippen molar-refractivity contribution in [3.8, 4) is 0 Å². The number of hydrogen-bond donors (Lipinski definition) is 2. The standard InChI is InChI=1S/C13H18BrFN2O/c1-9(7-16-2)8-17-13(18)6-10-3-4-12(15)11(14)5-10/h3-5,9,16H,6-8H2,1-2H3,(H,17,18)/t9-/m0/s1. The molecule has 0 unspecified atom stereocenters. The second-order valence-electron chi connectivity index (χ2n) is 4.39. The molecule has 0 aliphatic heterocycles. The lowest BCUT2D eigenvalue weighted by molar-refractivity contribution is -0.120. The molecule has 1 aromatic carbocycles. The zero-order chi connectivity index (χ0) is 13.5. The van der Waals surface area contributed by atoms with Gasteiger partial charge in [0.05, 0.1) is 10.9 Å². The molecule has 1 atom stereocenters. The van der Waals surface area contributed by atoms with Crippen LogP contribution >= 0.6 is 15.9 Å². The van der Waals surface area contributed by atoms with Crippen LogP contribution in [0.25, 0.3) is 0 Å². The summed E-state index contributed by atoms with van der Waals surface area (Å²) in [6, 6.07) is 4.61. The summed E-state index contributed by atoms with van der Waals surface area (Å²) in [4.78, 5) is 11.7. The zero-order valence-corrected chi connectivity index (χ0v) is 12.2. The predicted octanol–water partition coefficient (Wildman–Crippen LogP) is 2.10. The highest BCUT2D eigenvalue weighted by molar-refractivity contribution is 9.10. The van der Waals surface area contributed by atoms with Crippen molar-refractivity contribution in [2.75, 3.05) is 20.1 Å². The smallest absolute Gasteiger partial charge is 0.224 e. The van der Waals surface area contributed by atoms with Gasteiger partial charge in [0.2, 0.25) is 5.91 Å².